The van der Waals surface area contributed by atoms with Crippen LogP contribution >= 0.6 is 0 Å². The van der Waals surface area contributed by atoms with E-state index in [1.807, 2.05) is 0 Å². The summed E-state index contributed by atoms with van der Waals surface area (Å²) in [5, 5.41) is 3.50. The van der Waals surface area contributed by atoms with Crippen LogP contribution in [0.15, 0.2) is 43.0 Å². The van der Waals surface area contributed by atoms with Crippen molar-refractivity contribution in [3.05, 3.63) is 43.0 Å². The Hall–Kier alpha value is 0.0171. The summed E-state index contributed by atoms with van der Waals surface area (Å²) in [6, 6.07) is 0. The Morgan fingerprint density at radius 2 is 1.11 bits per heavy atom. The van der Waals surface area contributed by atoms with Crippen LogP contribution < -0.4 is 0 Å². The Labute approximate surface area is 128 Å². The minimum absolute atomic E-state index is 0.314. The Morgan fingerprint density at radius 3 is 1.42 bits per heavy atom. The zero-order chi connectivity index (χ0) is 14.3. The van der Waals surface area contributed by atoms with Gasteiger partial charge in [-0.1, -0.05) is 0 Å². The van der Waals surface area contributed by atoms with Crippen LogP contribution in [-0.4, -0.2) is 16.1 Å². The van der Waals surface area contributed by atoms with Gasteiger partial charge in [-0.05, 0) is 0 Å². The van der Waals surface area contributed by atoms with E-state index in [9.17, 15) is 0 Å². The van der Waals surface area contributed by atoms with E-state index in [0.29, 0.717) is 17.1 Å². The fraction of sp³-hybridized carbons (Fsp3) is 0.500. The molecule has 0 aromatic rings. The van der Waals surface area contributed by atoms with E-state index in [1.54, 1.807) is 18.7 Å². The third-order valence-electron chi connectivity index (χ3n) is 3.55. The zero-order valence-electron chi connectivity index (χ0n) is 13.1. The normalized spacial score (nSPS) is 20.3. The average molecular weight is 376 g/mol. The quantitative estimate of drug-likeness (QED) is 0.589. The molecule has 19 heavy (non-hydrogen) atoms. The Kier molecular flexibility index (Phi) is 4.40. The van der Waals surface area contributed by atoms with Gasteiger partial charge in [0.1, 0.15) is 0 Å². The summed E-state index contributed by atoms with van der Waals surface area (Å²) < 4.78 is 3.61. The molecule has 0 radical (unpaired) electrons. The molecule has 0 fully saturated rings. The maximum atomic E-state index is 2.49. The van der Waals surface area contributed by atoms with Gasteiger partial charge < -0.3 is 0 Å². The molecule has 0 bridgehead atoms. The second kappa shape index (κ2) is 5.42. The number of rotatable bonds is 4. The van der Waals surface area contributed by atoms with Crippen molar-refractivity contribution in [2.24, 2.45) is 0 Å². The summed E-state index contributed by atoms with van der Waals surface area (Å²) in [7, 11) is -2.29. The third kappa shape index (κ3) is 3.56. The van der Waals surface area contributed by atoms with Crippen molar-refractivity contribution in [1.82, 2.24) is 0 Å². The van der Waals surface area contributed by atoms with E-state index in [2.05, 4.69) is 63.6 Å². The second-order valence-corrected chi connectivity index (χ2v) is 20.0. The van der Waals surface area contributed by atoms with Crippen LogP contribution in [0, 0.1) is 0 Å². The predicted octanol–water partition coefficient (Wildman–Crippen LogP) is 5.25. The molecule has 0 saturated carbocycles. The summed E-state index contributed by atoms with van der Waals surface area (Å²) in [5.41, 5.74) is 0. The molecule has 0 saturated heterocycles. The van der Waals surface area contributed by atoms with Gasteiger partial charge in [0.2, 0.25) is 0 Å². The van der Waals surface area contributed by atoms with Gasteiger partial charge in [-0.3, -0.25) is 0 Å². The van der Waals surface area contributed by atoms with E-state index >= 15 is 0 Å². The molecule has 0 aromatic heterocycles. The summed E-state index contributed by atoms with van der Waals surface area (Å²) in [5.74, 6) is 0. The average Bonchev–Trinajstić information content (AvgIpc) is 2.83. The summed E-state index contributed by atoms with van der Waals surface area (Å²) >= 11 is 0.314. The van der Waals surface area contributed by atoms with Crippen LogP contribution in [0.2, 0.25) is 39.3 Å². The van der Waals surface area contributed by atoms with Crippen LogP contribution in [-0.2, 0) is 17.1 Å². The Morgan fingerprint density at radius 1 is 0.737 bits per heavy atom. The first-order valence-electron chi connectivity index (χ1n) is 7.12. The minimum atomic E-state index is -1.14. The van der Waals surface area contributed by atoms with Crippen molar-refractivity contribution in [3.8, 4) is 0 Å². The molecule has 0 heterocycles. The molecule has 0 N–H and O–H groups in total. The third-order valence-corrected chi connectivity index (χ3v) is 11.2. The standard InChI is InChI=1S/2C8H13Si.Ru/c2*1-9(2,3)8-6-4-5-7-8;/h2*4,6H,5H2,1-3H3;. The Bertz CT molecular complexity index is 448. The van der Waals surface area contributed by atoms with E-state index in [4.69, 9.17) is 0 Å². The van der Waals surface area contributed by atoms with Crippen molar-refractivity contribution in [3.63, 3.8) is 0 Å². The monoisotopic (exact) mass is 376 g/mol. The van der Waals surface area contributed by atoms with Crippen molar-refractivity contribution in [1.29, 1.82) is 0 Å². The SMILES string of the molecule is C[Si](C)(C)C1=[C]([Ru][C]2=C([Si](C)(C)C)C=CC2)CC=C1. The zero-order valence-corrected chi connectivity index (χ0v) is 16.8. The first-order valence-corrected chi connectivity index (χ1v) is 15.9. The van der Waals surface area contributed by atoms with Gasteiger partial charge in [0.05, 0.1) is 0 Å². The molecule has 2 aliphatic carbocycles. The van der Waals surface area contributed by atoms with Crippen molar-refractivity contribution in [2.75, 3.05) is 0 Å². The Balaban J connectivity index is 2.28. The molecular formula is C16H26RuSi2. The second-order valence-electron chi connectivity index (χ2n) is 7.41. The number of hydrogen-bond donors (Lipinski definition) is 0. The first kappa shape index (κ1) is 15.4. The molecule has 2 rings (SSSR count). The van der Waals surface area contributed by atoms with Gasteiger partial charge in [0.15, 0.2) is 0 Å². The van der Waals surface area contributed by atoms with Crippen LogP contribution in [0.4, 0.5) is 0 Å². The molecule has 0 unspecified atom stereocenters. The van der Waals surface area contributed by atoms with E-state index in [1.165, 1.54) is 12.8 Å². The summed E-state index contributed by atoms with van der Waals surface area (Å²) in [4.78, 5) is 0. The van der Waals surface area contributed by atoms with Crippen LogP contribution in [0.3, 0.4) is 0 Å². The topological polar surface area (TPSA) is 0 Å². The predicted molar refractivity (Wildman–Crippen MR) is 88.3 cm³/mol. The van der Waals surface area contributed by atoms with Gasteiger partial charge in [0.25, 0.3) is 0 Å². The maximum absolute atomic E-state index is 2.49. The van der Waals surface area contributed by atoms with Gasteiger partial charge in [-0.15, -0.1) is 0 Å². The van der Waals surface area contributed by atoms with E-state index < -0.39 is 16.1 Å². The molecule has 0 aliphatic heterocycles. The van der Waals surface area contributed by atoms with Crippen LogP contribution in [0.1, 0.15) is 12.8 Å². The molecule has 3 heteroatoms. The fourth-order valence-corrected chi connectivity index (χ4v) is 12.2. The van der Waals surface area contributed by atoms with Gasteiger partial charge in [-0.25, -0.2) is 0 Å². The molecule has 0 nitrogen and oxygen atoms in total. The van der Waals surface area contributed by atoms with Crippen molar-refractivity contribution < 1.29 is 17.1 Å². The van der Waals surface area contributed by atoms with Crippen molar-refractivity contribution >= 4 is 16.1 Å². The first-order chi connectivity index (χ1) is 8.69. The van der Waals surface area contributed by atoms with E-state index in [-0.39, 0.29) is 0 Å². The fourth-order valence-electron chi connectivity index (χ4n) is 2.54. The van der Waals surface area contributed by atoms with Crippen LogP contribution in [0.25, 0.3) is 0 Å². The van der Waals surface area contributed by atoms with Gasteiger partial charge in [-0.2, -0.15) is 0 Å². The molecule has 0 amide bonds. The van der Waals surface area contributed by atoms with Gasteiger partial charge >= 0.3 is 128 Å². The molecular weight excluding hydrogens is 349 g/mol. The summed E-state index contributed by atoms with van der Waals surface area (Å²) in [6.07, 6.45) is 12.1. The molecule has 106 valence electrons. The molecule has 0 atom stereocenters. The summed E-state index contributed by atoms with van der Waals surface area (Å²) in [6.45, 7) is 14.9. The molecule has 0 spiro atoms. The van der Waals surface area contributed by atoms with Crippen LogP contribution in [0.5, 0.6) is 0 Å². The molecule has 2 aliphatic rings. The van der Waals surface area contributed by atoms with Gasteiger partial charge in [0, 0.05) is 0 Å². The molecule has 0 aromatic carbocycles. The number of hydrogen-bond acceptors (Lipinski definition) is 0. The van der Waals surface area contributed by atoms with Crippen molar-refractivity contribution in [2.45, 2.75) is 52.1 Å². The van der Waals surface area contributed by atoms with E-state index in [0.717, 1.165) is 0 Å². The number of allylic oxidation sites excluding steroid dienone is 8.